The molecule has 0 radical (unpaired) electrons. The van der Waals surface area contributed by atoms with Crippen LogP contribution in [0.5, 0.6) is 11.5 Å². The monoisotopic (exact) mass is 804 g/mol. The molecule has 3 heterocycles. The summed E-state index contributed by atoms with van der Waals surface area (Å²) in [5.41, 5.74) is 16.6. The summed E-state index contributed by atoms with van der Waals surface area (Å²) in [6.45, 7) is -0.0858. The van der Waals surface area contributed by atoms with E-state index in [0.29, 0.717) is 0 Å². The molecule has 0 aliphatic carbocycles. The zero-order valence-corrected chi connectivity index (χ0v) is 34.2. The summed E-state index contributed by atoms with van der Waals surface area (Å²) in [5, 5.41) is 4.29. The quantitative estimate of drug-likeness (QED) is 0.157. The number of para-hydroxylation sites is 2. The lowest BCUT2D eigenvalue weighted by molar-refractivity contribution is 0.488. The van der Waals surface area contributed by atoms with Crippen LogP contribution in [0.15, 0.2) is 229 Å². The molecule has 0 atom stereocenters. The van der Waals surface area contributed by atoms with Gasteiger partial charge in [-0.25, -0.2) is 0 Å². The lowest BCUT2D eigenvalue weighted by Crippen LogP contribution is -2.59. The molecule has 0 fully saturated rings. The van der Waals surface area contributed by atoms with Crippen LogP contribution in [0.4, 0.5) is 34.1 Å². The zero-order chi connectivity index (χ0) is 41.4. The molecule has 0 N–H and O–H groups in total. The van der Waals surface area contributed by atoms with Gasteiger partial charge in [-0.2, -0.15) is 0 Å². The van der Waals surface area contributed by atoms with E-state index >= 15 is 0 Å². The zero-order valence-electron chi connectivity index (χ0n) is 34.2. The van der Waals surface area contributed by atoms with Crippen LogP contribution in [-0.4, -0.2) is 6.71 Å². The number of rotatable bonds is 6. The molecule has 5 heteroatoms. The van der Waals surface area contributed by atoms with Gasteiger partial charge in [0.2, 0.25) is 0 Å². The molecule has 2 aliphatic rings. The SMILES string of the molecule is c1ccc(-c2ccc(N3c4ccc(-c5ccccc5)cc4B4c5cc6oc7c8ccc(N(c9ccccc9)c9ccccc9)cc8ccc7c6cc5Oc5cccc3c54)cc2)cc1. The van der Waals surface area contributed by atoms with Crippen molar-refractivity contribution in [3.05, 3.63) is 224 Å². The van der Waals surface area contributed by atoms with Crippen molar-refractivity contribution >= 4 is 89.9 Å². The molecule has 0 bridgehead atoms. The molecule has 0 spiro atoms. The van der Waals surface area contributed by atoms with E-state index in [1.54, 1.807) is 0 Å². The lowest BCUT2D eigenvalue weighted by Gasteiger charge is -2.40. The van der Waals surface area contributed by atoms with Crippen LogP contribution in [0.2, 0.25) is 0 Å². The highest BCUT2D eigenvalue weighted by Crippen LogP contribution is 2.44. The molecule has 4 nitrogen and oxygen atoms in total. The van der Waals surface area contributed by atoms with Crippen molar-refractivity contribution in [3.63, 3.8) is 0 Å². The average molecular weight is 805 g/mol. The number of furan rings is 1. The molecule has 11 aromatic rings. The third-order valence-electron chi connectivity index (χ3n) is 12.9. The largest absolute Gasteiger partial charge is 0.458 e. The van der Waals surface area contributed by atoms with Crippen LogP contribution >= 0.6 is 0 Å². The maximum atomic E-state index is 6.98. The molecule has 10 aromatic carbocycles. The molecule has 0 saturated heterocycles. The number of anilines is 6. The maximum absolute atomic E-state index is 6.98. The Hall–Kier alpha value is -8.28. The molecule has 0 amide bonds. The highest BCUT2D eigenvalue weighted by molar-refractivity contribution is 6.99. The predicted molar refractivity (Wildman–Crippen MR) is 263 cm³/mol. The van der Waals surface area contributed by atoms with E-state index in [1.165, 1.54) is 27.7 Å². The summed E-state index contributed by atoms with van der Waals surface area (Å²) >= 11 is 0. The van der Waals surface area contributed by atoms with E-state index < -0.39 is 0 Å². The highest BCUT2D eigenvalue weighted by Gasteiger charge is 2.42. The van der Waals surface area contributed by atoms with Crippen molar-refractivity contribution in [1.29, 1.82) is 0 Å². The topological polar surface area (TPSA) is 28.9 Å². The number of hydrogen-bond donors (Lipinski definition) is 0. The van der Waals surface area contributed by atoms with Crippen LogP contribution in [-0.2, 0) is 0 Å². The highest BCUT2D eigenvalue weighted by atomic mass is 16.5. The van der Waals surface area contributed by atoms with Crippen molar-refractivity contribution in [3.8, 4) is 33.8 Å². The van der Waals surface area contributed by atoms with Crippen molar-refractivity contribution in [2.24, 2.45) is 0 Å². The van der Waals surface area contributed by atoms with Crippen molar-refractivity contribution < 1.29 is 9.15 Å². The van der Waals surface area contributed by atoms with Crippen LogP contribution in [0.3, 0.4) is 0 Å². The second-order valence-corrected chi connectivity index (χ2v) is 16.5. The first-order valence-electron chi connectivity index (χ1n) is 21.5. The number of ether oxygens (including phenoxy) is 1. The molecule has 0 unspecified atom stereocenters. The Kier molecular flexibility index (Phi) is 7.97. The van der Waals surface area contributed by atoms with E-state index in [4.69, 9.17) is 9.15 Å². The Labute approximate surface area is 365 Å². The van der Waals surface area contributed by atoms with Gasteiger partial charge < -0.3 is 19.0 Å². The summed E-state index contributed by atoms with van der Waals surface area (Å²) in [7, 11) is 0. The standard InChI is InChI=1S/C58H37BN2O2/c1-5-14-38(15-6-1)40-24-28-45(29-25-40)61-52-33-27-41(39-16-7-2-8-17-39)35-50(52)59-51-37-55-49(36-56(51)62-54-23-13-22-53(61)57(54)59)48-31-26-42-34-46(30-32-47(42)58(48)63-55)60(43-18-9-3-10-19-43)44-20-11-4-12-21-44/h1-37H. The molecule has 0 saturated carbocycles. The Morgan fingerprint density at radius 3 is 1.75 bits per heavy atom. The molecule has 2 aliphatic heterocycles. The van der Waals surface area contributed by atoms with Gasteiger partial charge in [-0.15, -0.1) is 0 Å². The fourth-order valence-corrected chi connectivity index (χ4v) is 9.99. The molecular weight excluding hydrogens is 767 g/mol. The Morgan fingerprint density at radius 1 is 0.397 bits per heavy atom. The Balaban J connectivity index is 0.967. The van der Waals surface area contributed by atoms with E-state index in [9.17, 15) is 0 Å². The van der Waals surface area contributed by atoms with Gasteiger partial charge in [-0.1, -0.05) is 133 Å². The van der Waals surface area contributed by atoms with Crippen LogP contribution < -0.4 is 30.9 Å². The maximum Gasteiger partial charge on any atom is 0.256 e. The summed E-state index contributed by atoms with van der Waals surface area (Å²) in [5.74, 6) is 1.73. The van der Waals surface area contributed by atoms with Gasteiger partial charge in [-0.05, 0) is 135 Å². The van der Waals surface area contributed by atoms with Crippen molar-refractivity contribution in [2.45, 2.75) is 0 Å². The Bertz CT molecular complexity index is 3500. The van der Waals surface area contributed by atoms with Crippen molar-refractivity contribution in [2.75, 3.05) is 9.80 Å². The van der Waals surface area contributed by atoms with Gasteiger partial charge >= 0.3 is 0 Å². The van der Waals surface area contributed by atoms with Crippen LogP contribution in [0.1, 0.15) is 0 Å². The van der Waals surface area contributed by atoms with Crippen LogP contribution in [0, 0.1) is 0 Å². The van der Waals surface area contributed by atoms with Crippen molar-refractivity contribution in [1.82, 2.24) is 0 Å². The minimum atomic E-state index is -0.0858. The minimum Gasteiger partial charge on any atom is -0.458 e. The number of benzene rings is 10. The predicted octanol–water partition coefficient (Wildman–Crippen LogP) is 13.9. The van der Waals surface area contributed by atoms with Gasteiger partial charge in [-0.3, -0.25) is 0 Å². The Morgan fingerprint density at radius 2 is 1.03 bits per heavy atom. The summed E-state index contributed by atoms with van der Waals surface area (Å²) < 4.78 is 14.0. The summed E-state index contributed by atoms with van der Waals surface area (Å²) in [4.78, 5) is 4.70. The van der Waals surface area contributed by atoms with E-state index in [0.717, 1.165) is 89.3 Å². The third-order valence-corrected chi connectivity index (χ3v) is 12.9. The minimum absolute atomic E-state index is 0.0858. The van der Waals surface area contributed by atoms with E-state index in [-0.39, 0.29) is 6.71 Å². The lowest BCUT2D eigenvalue weighted by atomic mass is 9.34. The summed E-state index contributed by atoms with van der Waals surface area (Å²) in [6.07, 6.45) is 0. The van der Waals surface area contributed by atoms with E-state index in [2.05, 4.69) is 234 Å². The fraction of sp³-hybridized carbons (Fsp3) is 0. The molecule has 294 valence electrons. The van der Waals surface area contributed by atoms with Gasteiger partial charge in [0.05, 0.1) is 0 Å². The first-order chi connectivity index (χ1) is 31.2. The molecular formula is C58H37BN2O2. The smallest absolute Gasteiger partial charge is 0.256 e. The normalized spacial score (nSPS) is 12.5. The number of fused-ring (bicyclic) bond motifs is 9. The average Bonchev–Trinajstić information content (AvgIpc) is 3.72. The first-order valence-corrected chi connectivity index (χ1v) is 21.5. The van der Waals surface area contributed by atoms with Gasteiger partial charge in [0.15, 0.2) is 0 Å². The van der Waals surface area contributed by atoms with Gasteiger partial charge in [0.1, 0.15) is 22.7 Å². The third kappa shape index (κ3) is 5.71. The summed E-state index contributed by atoms with van der Waals surface area (Å²) in [6, 6.07) is 80.1. The van der Waals surface area contributed by atoms with E-state index in [1.807, 2.05) is 0 Å². The van der Waals surface area contributed by atoms with Gasteiger partial charge in [0.25, 0.3) is 6.71 Å². The second-order valence-electron chi connectivity index (χ2n) is 16.5. The number of nitrogens with zero attached hydrogens (tertiary/aromatic N) is 2. The van der Waals surface area contributed by atoms with Crippen LogP contribution in [0.25, 0.3) is 55.0 Å². The molecule has 63 heavy (non-hydrogen) atoms. The molecule has 1 aromatic heterocycles. The number of hydrogen-bond acceptors (Lipinski definition) is 4. The fourth-order valence-electron chi connectivity index (χ4n) is 9.99. The van der Waals surface area contributed by atoms with Gasteiger partial charge in [0, 0.05) is 50.3 Å². The molecule has 13 rings (SSSR count). The first kappa shape index (κ1) is 35.5. The second kappa shape index (κ2) is 14.2.